The van der Waals surface area contributed by atoms with E-state index < -0.39 is 0 Å². The van der Waals surface area contributed by atoms with Gasteiger partial charge in [0.25, 0.3) is 0 Å². The smallest absolute Gasteiger partial charge is 0.224 e. The van der Waals surface area contributed by atoms with Crippen molar-refractivity contribution in [3.8, 4) is 0 Å². The molecule has 2 aliphatic carbocycles. The number of aliphatic hydroxyl groups is 1. The lowest BCUT2D eigenvalue weighted by Crippen LogP contribution is -2.51. The molecule has 5 heteroatoms. The number of nitrogens with zero attached hydrogens (tertiary/aromatic N) is 1. The van der Waals surface area contributed by atoms with Gasteiger partial charge in [-0.15, -0.1) is 0 Å². The summed E-state index contributed by atoms with van der Waals surface area (Å²) in [4.78, 5) is 15.8. The predicted octanol–water partition coefficient (Wildman–Crippen LogP) is 3.93. The van der Waals surface area contributed by atoms with Crippen LogP contribution >= 0.6 is 11.8 Å². The van der Waals surface area contributed by atoms with Crippen molar-refractivity contribution in [3.05, 3.63) is 64.7 Å². The third-order valence-electron chi connectivity index (χ3n) is 8.41. The van der Waals surface area contributed by atoms with Gasteiger partial charge >= 0.3 is 0 Å². The fraction of sp³-hybridized carbons (Fsp3) is 0.519. The maximum atomic E-state index is 13.2. The Bertz CT molecular complexity index is 1040. The van der Waals surface area contributed by atoms with Crippen molar-refractivity contribution in [3.63, 3.8) is 0 Å². The number of benzene rings is 2. The number of fused-ring (bicyclic) bond motifs is 10. The minimum atomic E-state index is 0.0733. The summed E-state index contributed by atoms with van der Waals surface area (Å²) in [7, 11) is 0. The fourth-order valence-corrected chi connectivity index (χ4v) is 7.98. The van der Waals surface area contributed by atoms with E-state index in [1.165, 1.54) is 27.9 Å². The molecule has 0 spiro atoms. The topological polar surface area (TPSA) is 52.6 Å². The molecule has 2 fully saturated rings. The van der Waals surface area contributed by atoms with E-state index in [1.807, 2.05) is 11.8 Å². The number of carbonyl (C=O) groups excluding carboxylic acids is 1. The van der Waals surface area contributed by atoms with Gasteiger partial charge in [-0.3, -0.25) is 4.79 Å². The SMILES string of the molecule is CCSCc1ccc2c(c1)C1C3CNC(=O)C3C3c4ccccc4CC3C1N2CCCO. The Balaban J connectivity index is 1.47. The third kappa shape index (κ3) is 2.97. The second-order valence-corrected chi connectivity index (χ2v) is 11.1. The van der Waals surface area contributed by atoms with E-state index in [2.05, 4.69) is 59.6 Å². The highest BCUT2D eigenvalue weighted by Gasteiger charge is 2.61. The first kappa shape index (κ1) is 20.6. The zero-order valence-corrected chi connectivity index (χ0v) is 19.5. The van der Waals surface area contributed by atoms with Crippen LogP contribution in [0.25, 0.3) is 0 Å². The second kappa shape index (κ2) is 8.11. The Morgan fingerprint density at radius 1 is 1.09 bits per heavy atom. The van der Waals surface area contributed by atoms with Crippen LogP contribution in [0.3, 0.4) is 0 Å². The summed E-state index contributed by atoms with van der Waals surface area (Å²) in [6.45, 7) is 4.10. The molecule has 6 atom stereocenters. The first-order valence-corrected chi connectivity index (χ1v) is 13.3. The van der Waals surface area contributed by atoms with Crippen molar-refractivity contribution in [2.75, 3.05) is 30.3 Å². The predicted molar refractivity (Wildman–Crippen MR) is 130 cm³/mol. The highest BCUT2D eigenvalue weighted by molar-refractivity contribution is 7.98. The Hall–Kier alpha value is -1.98. The van der Waals surface area contributed by atoms with E-state index in [-0.39, 0.29) is 18.4 Å². The molecule has 6 unspecified atom stereocenters. The zero-order valence-electron chi connectivity index (χ0n) is 18.7. The molecule has 2 aromatic carbocycles. The van der Waals surface area contributed by atoms with Crippen LogP contribution in [0.2, 0.25) is 0 Å². The molecule has 1 amide bonds. The molecule has 2 heterocycles. The lowest BCUT2D eigenvalue weighted by molar-refractivity contribution is -0.125. The normalized spacial score (nSPS) is 31.6. The van der Waals surface area contributed by atoms with Crippen molar-refractivity contribution in [2.24, 2.45) is 17.8 Å². The first-order valence-electron chi connectivity index (χ1n) is 12.2. The van der Waals surface area contributed by atoms with Crippen LogP contribution in [0.5, 0.6) is 0 Å². The van der Waals surface area contributed by atoms with E-state index in [1.54, 1.807) is 0 Å². The van der Waals surface area contributed by atoms with Crippen LogP contribution in [-0.4, -0.2) is 42.5 Å². The summed E-state index contributed by atoms with van der Waals surface area (Å²) < 4.78 is 0. The molecular formula is C27H32N2O2S. The average Bonchev–Trinajstić information content (AvgIpc) is 3.47. The van der Waals surface area contributed by atoms with Gasteiger partial charge in [-0.25, -0.2) is 0 Å². The molecule has 4 nitrogen and oxygen atoms in total. The van der Waals surface area contributed by atoms with Gasteiger partial charge in [0.2, 0.25) is 5.91 Å². The molecule has 1 saturated carbocycles. The molecule has 168 valence electrons. The molecule has 6 rings (SSSR count). The highest BCUT2D eigenvalue weighted by atomic mass is 32.2. The summed E-state index contributed by atoms with van der Waals surface area (Å²) in [6.07, 6.45) is 1.84. The monoisotopic (exact) mass is 448 g/mol. The molecule has 2 aromatic rings. The van der Waals surface area contributed by atoms with E-state index in [9.17, 15) is 9.90 Å². The molecule has 0 aromatic heterocycles. The number of rotatable bonds is 6. The van der Waals surface area contributed by atoms with Gasteiger partial charge in [0.1, 0.15) is 0 Å². The summed E-state index contributed by atoms with van der Waals surface area (Å²) in [6, 6.07) is 16.3. The quantitative estimate of drug-likeness (QED) is 0.703. The lowest BCUT2D eigenvalue weighted by Gasteiger charge is -2.47. The number of aliphatic hydroxyl groups excluding tert-OH is 1. The molecule has 2 aliphatic heterocycles. The van der Waals surface area contributed by atoms with E-state index in [0.29, 0.717) is 29.7 Å². The number of carbonyl (C=O) groups is 1. The first-order chi connectivity index (χ1) is 15.7. The number of thioether (sulfide) groups is 1. The number of hydrogen-bond donors (Lipinski definition) is 2. The molecule has 1 saturated heterocycles. The van der Waals surface area contributed by atoms with Crippen LogP contribution in [0.4, 0.5) is 5.69 Å². The van der Waals surface area contributed by atoms with Gasteiger partial charge < -0.3 is 15.3 Å². The van der Waals surface area contributed by atoms with Crippen molar-refractivity contribution in [1.29, 1.82) is 0 Å². The summed E-state index contributed by atoms with van der Waals surface area (Å²) >= 11 is 1.96. The van der Waals surface area contributed by atoms with Crippen molar-refractivity contribution in [1.82, 2.24) is 5.32 Å². The molecule has 0 bridgehead atoms. The zero-order chi connectivity index (χ0) is 21.8. The van der Waals surface area contributed by atoms with E-state index in [0.717, 1.165) is 37.4 Å². The summed E-state index contributed by atoms with van der Waals surface area (Å²) in [5.74, 6) is 3.97. The maximum Gasteiger partial charge on any atom is 0.224 e. The van der Waals surface area contributed by atoms with Gasteiger partial charge in [-0.1, -0.05) is 43.3 Å². The molecule has 2 N–H and O–H groups in total. The Morgan fingerprint density at radius 3 is 2.81 bits per heavy atom. The number of nitrogens with one attached hydrogen (secondary N) is 1. The number of amides is 1. The summed E-state index contributed by atoms with van der Waals surface area (Å²) in [5, 5.41) is 12.9. The average molecular weight is 449 g/mol. The van der Waals surface area contributed by atoms with Gasteiger partial charge in [-0.2, -0.15) is 11.8 Å². The summed E-state index contributed by atoms with van der Waals surface area (Å²) in [5.41, 5.74) is 7.02. The highest BCUT2D eigenvalue weighted by Crippen LogP contribution is 2.62. The Labute approximate surface area is 194 Å². The van der Waals surface area contributed by atoms with E-state index >= 15 is 0 Å². The number of anilines is 1. The van der Waals surface area contributed by atoms with Gasteiger partial charge in [0.05, 0.1) is 5.92 Å². The van der Waals surface area contributed by atoms with Crippen LogP contribution in [0.1, 0.15) is 47.4 Å². The van der Waals surface area contributed by atoms with E-state index in [4.69, 9.17) is 0 Å². The van der Waals surface area contributed by atoms with Gasteiger partial charge in [-0.05, 0) is 58.8 Å². The third-order valence-corrected chi connectivity index (χ3v) is 9.36. The van der Waals surface area contributed by atoms with Gasteiger partial charge in [0.15, 0.2) is 0 Å². The minimum absolute atomic E-state index is 0.0733. The van der Waals surface area contributed by atoms with Crippen molar-refractivity contribution < 1.29 is 9.90 Å². The largest absolute Gasteiger partial charge is 0.396 e. The van der Waals surface area contributed by atoms with Crippen LogP contribution < -0.4 is 10.2 Å². The lowest BCUT2D eigenvalue weighted by atomic mass is 9.60. The molecule has 32 heavy (non-hydrogen) atoms. The molecule has 0 radical (unpaired) electrons. The fourth-order valence-electron chi connectivity index (χ4n) is 7.36. The number of hydrogen-bond acceptors (Lipinski definition) is 4. The van der Waals surface area contributed by atoms with Crippen LogP contribution in [0, 0.1) is 17.8 Å². The Morgan fingerprint density at radius 2 is 1.97 bits per heavy atom. The Kier molecular flexibility index (Phi) is 5.22. The van der Waals surface area contributed by atoms with Crippen LogP contribution in [-0.2, 0) is 17.0 Å². The minimum Gasteiger partial charge on any atom is -0.396 e. The van der Waals surface area contributed by atoms with Crippen LogP contribution in [0.15, 0.2) is 42.5 Å². The maximum absolute atomic E-state index is 13.2. The molecule has 4 aliphatic rings. The standard InChI is InChI=1S/C27H32N2O2S/c1-2-32-15-16-8-9-22-19(12-16)24-21-14-28-27(31)25(21)23-18-7-4-3-6-17(18)13-20(23)26(24)29(22)10-5-11-30/h3-4,6-9,12,20-21,23-26,30H,2,5,10-11,13-15H2,1H3,(H,28,31). The second-order valence-electron chi connectivity index (χ2n) is 9.84. The van der Waals surface area contributed by atoms with Crippen molar-refractivity contribution >= 4 is 23.4 Å². The molecular weight excluding hydrogens is 416 g/mol. The van der Waals surface area contributed by atoms with Crippen molar-refractivity contribution in [2.45, 2.75) is 43.4 Å². The van der Waals surface area contributed by atoms with Gasteiger partial charge in [0, 0.05) is 49.0 Å².